The third-order valence-corrected chi connectivity index (χ3v) is 11.2. The molecule has 0 radical (unpaired) electrons. The van der Waals surface area contributed by atoms with Crippen molar-refractivity contribution in [2.24, 2.45) is 0 Å². The largest absolute Gasteiger partial charge is 0.265 e. The lowest BCUT2D eigenvalue weighted by Gasteiger charge is -2.27. The molecule has 2 aliphatic rings. The minimum absolute atomic E-state index is 0.107. The number of para-hydroxylation sites is 2. The lowest BCUT2D eigenvalue weighted by atomic mass is 10.1. The van der Waals surface area contributed by atoms with E-state index in [9.17, 15) is 16.8 Å². The van der Waals surface area contributed by atoms with Crippen molar-refractivity contribution in [1.29, 1.82) is 0 Å². The van der Waals surface area contributed by atoms with Crippen LogP contribution >= 0.6 is 0 Å². The summed E-state index contributed by atoms with van der Waals surface area (Å²) >= 11 is 0. The van der Waals surface area contributed by atoms with Crippen molar-refractivity contribution >= 4 is 42.2 Å². The summed E-state index contributed by atoms with van der Waals surface area (Å²) in [4.78, 5) is 0.214. The van der Waals surface area contributed by atoms with Crippen molar-refractivity contribution < 1.29 is 16.8 Å². The third kappa shape index (κ3) is 3.28. The van der Waals surface area contributed by atoms with Crippen LogP contribution in [0.25, 0.3) is 10.8 Å². The van der Waals surface area contributed by atoms with Gasteiger partial charge in [0.2, 0.25) is 0 Å². The molecular formula is C28H26N2O4S2. The normalized spacial score (nSPS) is 19.5. The van der Waals surface area contributed by atoms with Gasteiger partial charge in [0, 0.05) is 22.9 Å². The van der Waals surface area contributed by atoms with Crippen molar-refractivity contribution in [2.75, 3.05) is 8.61 Å². The first-order valence-corrected chi connectivity index (χ1v) is 14.9. The molecule has 0 aliphatic carbocycles. The molecule has 0 unspecified atom stereocenters. The van der Waals surface area contributed by atoms with Crippen LogP contribution in [0.4, 0.5) is 11.4 Å². The molecule has 6 rings (SSSR count). The molecule has 2 aliphatic heterocycles. The molecule has 184 valence electrons. The van der Waals surface area contributed by atoms with Crippen LogP contribution in [0, 0.1) is 0 Å². The minimum Gasteiger partial charge on any atom is -0.263 e. The molecule has 0 fully saturated rings. The van der Waals surface area contributed by atoms with Crippen molar-refractivity contribution in [3.05, 3.63) is 96.1 Å². The van der Waals surface area contributed by atoms with Crippen LogP contribution < -0.4 is 8.61 Å². The van der Waals surface area contributed by atoms with Gasteiger partial charge >= 0.3 is 0 Å². The Balaban J connectivity index is 1.52. The number of rotatable bonds is 4. The SMILES string of the molecule is C[C@@H]1Cc2ccccc2N1S(=O)(=O)c1cccc2c(S(=O)(=O)N3c4ccccc4C[C@@H]3C)cccc12. The fraction of sp³-hybridized carbons (Fsp3) is 0.214. The molecule has 0 bridgehead atoms. The number of sulfonamides is 2. The molecule has 0 amide bonds. The van der Waals surface area contributed by atoms with E-state index in [0.717, 1.165) is 11.1 Å². The minimum atomic E-state index is -3.94. The molecule has 4 aromatic rings. The molecule has 0 aromatic heterocycles. The Hall–Kier alpha value is -3.36. The van der Waals surface area contributed by atoms with E-state index in [2.05, 4.69) is 0 Å². The maximum absolute atomic E-state index is 14.0. The molecular weight excluding hydrogens is 492 g/mol. The fourth-order valence-corrected chi connectivity index (χ4v) is 9.53. The summed E-state index contributed by atoms with van der Waals surface area (Å²) < 4.78 is 59.0. The van der Waals surface area contributed by atoms with Gasteiger partial charge in [-0.05, 0) is 62.1 Å². The van der Waals surface area contributed by atoms with Gasteiger partial charge in [0.25, 0.3) is 20.0 Å². The summed E-state index contributed by atoms with van der Waals surface area (Å²) in [7, 11) is -7.89. The number of nitrogens with zero attached hydrogens (tertiary/aromatic N) is 2. The summed E-state index contributed by atoms with van der Waals surface area (Å²) in [5.41, 5.74) is 3.32. The standard InChI is InChI=1S/C28H26N2O4S2/c1-19-17-21-9-3-5-13-25(21)29(19)35(31,32)27-15-7-12-24-23(27)11-8-16-28(24)36(33,34)30-20(2)18-22-10-4-6-14-26(22)30/h3-16,19-20H,17-18H2,1-2H3/t19-,20+. The summed E-state index contributed by atoms with van der Waals surface area (Å²) in [5, 5.41) is 0.797. The van der Waals surface area contributed by atoms with Crippen molar-refractivity contribution in [3.63, 3.8) is 0 Å². The summed E-state index contributed by atoms with van der Waals surface area (Å²) in [6.45, 7) is 3.79. The van der Waals surface area contributed by atoms with Crippen LogP contribution in [0.15, 0.2) is 94.7 Å². The van der Waals surface area contributed by atoms with E-state index in [1.54, 1.807) is 36.4 Å². The Morgan fingerprint density at radius 1 is 0.556 bits per heavy atom. The van der Waals surface area contributed by atoms with Gasteiger partial charge in [-0.2, -0.15) is 0 Å². The zero-order valence-electron chi connectivity index (χ0n) is 20.0. The number of benzene rings is 4. The Labute approximate surface area is 211 Å². The van der Waals surface area contributed by atoms with E-state index in [4.69, 9.17) is 0 Å². The van der Waals surface area contributed by atoms with E-state index in [1.165, 1.54) is 8.61 Å². The topological polar surface area (TPSA) is 74.8 Å². The molecule has 2 atom stereocenters. The van der Waals surface area contributed by atoms with Crippen LogP contribution in [0.1, 0.15) is 25.0 Å². The highest BCUT2D eigenvalue weighted by Crippen LogP contribution is 2.41. The monoisotopic (exact) mass is 518 g/mol. The molecule has 0 N–H and O–H groups in total. The zero-order chi connectivity index (χ0) is 25.2. The maximum atomic E-state index is 14.0. The van der Waals surface area contributed by atoms with E-state index < -0.39 is 20.0 Å². The summed E-state index contributed by atoms with van der Waals surface area (Å²) in [6.07, 6.45) is 1.26. The van der Waals surface area contributed by atoms with Gasteiger partial charge in [0.05, 0.1) is 21.2 Å². The van der Waals surface area contributed by atoms with E-state index in [1.807, 2.05) is 62.4 Å². The predicted molar refractivity (Wildman–Crippen MR) is 142 cm³/mol. The van der Waals surface area contributed by atoms with Crippen LogP contribution in [0.5, 0.6) is 0 Å². The van der Waals surface area contributed by atoms with Gasteiger partial charge < -0.3 is 0 Å². The lowest BCUT2D eigenvalue weighted by molar-refractivity contribution is 0.582. The second kappa shape index (κ2) is 8.08. The average Bonchev–Trinajstić information content (AvgIpc) is 3.38. The van der Waals surface area contributed by atoms with Crippen molar-refractivity contribution in [2.45, 2.75) is 48.6 Å². The van der Waals surface area contributed by atoms with Gasteiger partial charge in [-0.15, -0.1) is 0 Å². The van der Waals surface area contributed by atoms with Crippen molar-refractivity contribution in [3.8, 4) is 0 Å². The molecule has 2 heterocycles. The van der Waals surface area contributed by atoms with E-state index in [-0.39, 0.29) is 21.9 Å². The van der Waals surface area contributed by atoms with Gasteiger partial charge in [0.1, 0.15) is 0 Å². The number of hydrogen-bond acceptors (Lipinski definition) is 4. The molecule has 0 saturated carbocycles. The van der Waals surface area contributed by atoms with Crippen LogP contribution in [0.2, 0.25) is 0 Å². The van der Waals surface area contributed by atoms with Crippen LogP contribution in [-0.4, -0.2) is 28.9 Å². The van der Waals surface area contributed by atoms with Gasteiger partial charge in [-0.1, -0.05) is 60.7 Å². The quantitative estimate of drug-likeness (QED) is 0.376. The highest BCUT2D eigenvalue weighted by molar-refractivity contribution is 7.93. The van der Waals surface area contributed by atoms with Crippen molar-refractivity contribution in [1.82, 2.24) is 0 Å². The average molecular weight is 519 g/mol. The van der Waals surface area contributed by atoms with E-state index in [0.29, 0.717) is 35.0 Å². The second-order valence-corrected chi connectivity index (χ2v) is 13.1. The smallest absolute Gasteiger partial charge is 0.263 e. The van der Waals surface area contributed by atoms with Crippen LogP contribution in [0.3, 0.4) is 0 Å². The molecule has 36 heavy (non-hydrogen) atoms. The molecule has 4 aromatic carbocycles. The Morgan fingerprint density at radius 2 is 0.944 bits per heavy atom. The van der Waals surface area contributed by atoms with Gasteiger partial charge in [-0.3, -0.25) is 8.61 Å². The highest BCUT2D eigenvalue weighted by Gasteiger charge is 2.39. The lowest BCUT2D eigenvalue weighted by Crippen LogP contribution is -2.36. The Bertz CT molecular complexity index is 1600. The maximum Gasteiger partial charge on any atom is 0.265 e. The first-order valence-electron chi connectivity index (χ1n) is 12.0. The molecule has 8 heteroatoms. The molecule has 0 spiro atoms. The number of fused-ring (bicyclic) bond motifs is 3. The first-order chi connectivity index (χ1) is 17.2. The third-order valence-electron chi connectivity index (χ3n) is 7.21. The van der Waals surface area contributed by atoms with Gasteiger partial charge in [0.15, 0.2) is 0 Å². The van der Waals surface area contributed by atoms with Crippen LogP contribution in [-0.2, 0) is 32.9 Å². The van der Waals surface area contributed by atoms with Gasteiger partial charge in [-0.25, -0.2) is 16.8 Å². The van der Waals surface area contributed by atoms with E-state index >= 15 is 0 Å². The second-order valence-electron chi connectivity index (χ2n) is 9.57. The zero-order valence-corrected chi connectivity index (χ0v) is 21.6. The number of hydrogen-bond donors (Lipinski definition) is 0. The first kappa shape index (κ1) is 23.1. The highest BCUT2D eigenvalue weighted by atomic mass is 32.2. The summed E-state index contributed by atoms with van der Waals surface area (Å²) in [5.74, 6) is 0. The Morgan fingerprint density at radius 3 is 1.36 bits per heavy atom. The summed E-state index contributed by atoms with van der Waals surface area (Å²) in [6, 6.07) is 24.3. The molecule has 0 saturated heterocycles. The predicted octanol–water partition coefficient (Wildman–Crippen LogP) is 5.12. The number of anilines is 2. The molecule has 6 nitrogen and oxygen atoms in total. The fourth-order valence-electron chi connectivity index (χ4n) is 5.72. The Kier molecular flexibility index (Phi) is 5.18.